The second kappa shape index (κ2) is 4.33. The fourth-order valence-corrected chi connectivity index (χ4v) is 1.15. The fraction of sp³-hybridized carbons (Fsp3) is 0.889. The van der Waals surface area contributed by atoms with E-state index in [1.807, 2.05) is 13.8 Å². The molecule has 1 aliphatic carbocycles. The monoisotopic (exact) mass is 139 g/mol. The highest BCUT2D eigenvalue weighted by atomic mass is 14.4. The Kier molecular flexibility index (Phi) is 4.11. The molecule has 0 bridgehead atoms. The van der Waals surface area contributed by atoms with Crippen molar-refractivity contribution in [3.8, 4) is 6.07 Å². The minimum atomic E-state index is 0.111. The number of nitriles is 1. The third kappa shape index (κ3) is 1.73. The summed E-state index contributed by atoms with van der Waals surface area (Å²) in [5.41, 5.74) is 0.111. The van der Waals surface area contributed by atoms with Crippen LogP contribution in [0.2, 0.25) is 0 Å². The Labute approximate surface area is 64.1 Å². The highest BCUT2D eigenvalue weighted by Gasteiger charge is 2.34. The lowest BCUT2D eigenvalue weighted by molar-refractivity contribution is 0.207. The Morgan fingerprint density at radius 1 is 1.40 bits per heavy atom. The summed E-state index contributed by atoms with van der Waals surface area (Å²) in [4.78, 5) is 0. The molecule has 0 heterocycles. The number of hydrogen-bond donors (Lipinski definition) is 0. The van der Waals surface area contributed by atoms with Gasteiger partial charge in [0.25, 0.3) is 0 Å². The topological polar surface area (TPSA) is 23.8 Å². The fourth-order valence-electron chi connectivity index (χ4n) is 1.15. The van der Waals surface area contributed by atoms with Crippen LogP contribution in [0.25, 0.3) is 0 Å². The lowest BCUT2D eigenvalue weighted by Gasteiger charge is -2.33. The Hall–Kier alpha value is -0.510. The first-order valence-electron chi connectivity index (χ1n) is 4.24. The first kappa shape index (κ1) is 9.49. The molecule has 0 amide bonds. The maximum absolute atomic E-state index is 8.59. The van der Waals surface area contributed by atoms with E-state index in [-0.39, 0.29) is 5.41 Å². The average Bonchev–Trinajstić information content (AvgIpc) is 1.93. The molecule has 0 N–H and O–H groups in total. The minimum absolute atomic E-state index is 0.111. The molecule has 0 radical (unpaired) electrons. The molecular formula is C9H17N. The summed E-state index contributed by atoms with van der Waals surface area (Å²) in [6, 6.07) is 2.36. The summed E-state index contributed by atoms with van der Waals surface area (Å²) in [6.45, 7) is 6.10. The third-order valence-corrected chi connectivity index (χ3v) is 2.22. The lowest BCUT2D eigenvalue weighted by atomic mass is 9.68. The smallest absolute Gasteiger partial charge is 0.0689 e. The first-order chi connectivity index (χ1) is 4.83. The molecule has 1 rings (SSSR count). The lowest BCUT2D eigenvalue weighted by Crippen LogP contribution is -2.25. The van der Waals surface area contributed by atoms with E-state index in [4.69, 9.17) is 5.26 Å². The standard InChI is InChI=1S/C7H11N.C2H6/c1-2-7(6-8)4-3-5-7;1-2/h2-5H2,1H3;1-2H3. The molecule has 1 heteroatoms. The molecular weight excluding hydrogens is 122 g/mol. The average molecular weight is 139 g/mol. The Morgan fingerprint density at radius 2 is 1.90 bits per heavy atom. The molecule has 1 saturated carbocycles. The molecule has 0 unspecified atom stereocenters. The second-order valence-corrected chi connectivity index (χ2v) is 2.60. The highest BCUT2D eigenvalue weighted by molar-refractivity contribution is 5.03. The second-order valence-electron chi connectivity index (χ2n) is 2.60. The minimum Gasteiger partial charge on any atom is -0.198 e. The number of nitrogens with zero attached hydrogens (tertiary/aromatic N) is 1. The molecule has 0 atom stereocenters. The zero-order valence-corrected chi connectivity index (χ0v) is 7.28. The van der Waals surface area contributed by atoms with Crippen molar-refractivity contribution in [2.45, 2.75) is 46.5 Å². The van der Waals surface area contributed by atoms with Crippen molar-refractivity contribution < 1.29 is 0 Å². The van der Waals surface area contributed by atoms with Crippen molar-refractivity contribution in [2.75, 3.05) is 0 Å². The third-order valence-electron chi connectivity index (χ3n) is 2.22. The Morgan fingerprint density at radius 3 is 1.90 bits per heavy atom. The van der Waals surface area contributed by atoms with E-state index in [2.05, 4.69) is 13.0 Å². The van der Waals surface area contributed by atoms with Crippen molar-refractivity contribution in [1.82, 2.24) is 0 Å². The number of hydrogen-bond acceptors (Lipinski definition) is 1. The molecule has 0 aliphatic heterocycles. The zero-order valence-electron chi connectivity index (χ0n) is 7.28. The van der Waals surface area contributed by atoms with E-state index in [1.165, 1.54) is 6.42 Å². The maximum Gasteiger partial charge on any atom is 0.0689 e. The normalized spacial score (nSPS) is 19.4. The van der Waals surface area contributed by atoms with Gasteiger partial charge in [0, 0.05) is 0 Å². The first-order valence-corrected chi connectivity index (χ1v) is 4.24. The molecule has 1 aliphatic rings. The van der Waals surface area contributed by atoms with Crippen LogP contribution in [0.3, 0.4) is 0 Å². The van der Waals surface area contributed by atoms with Gasteiger partial charge in [-0.15, -0.1) is 0 Å². The predicted octanol–water partition coefficient (Wildman–Crippen LogP) is 3.12. The predicted molar refractivity (Wildman–Crippen MR) is 43.5 cm³/mol. The van der Waals surface area contributed by atoms with E-state index in [0.717, 1.165) is 19.3 Å². The van der Waals surface area contributed by atoms with E-state index >= 15 is 0 Å². The molecule has 1 nitrogen and oxygen atoms in total. The molecule has 0 aromatic heterocycles. The summed E-state index contributed by atoms with van der Waals surface area (Å²) in [6.07, 6.45) is 4.59. The van der Waals surface area contributed by atoms with Crippen LogP contribution in [0, 0.1) is 16.7 Å². The molecule has 0 aromatic carbocycles. The summed E-state index contributed by atoms with van der Waals surface area (Å²) < 4.78 is 0. The molecule has 0 saturated heterocycles. The van der Waals surface area contributed by atoms with Crippen LogP contribution in [0.5, 0.6) is 0 Å². The number of rotatable bonds is 1. The van der Waals surface area contributed by atoms with Gasteiger partial charge < -0.3 is 0 Å². The summed E-state index contributed by atoms with van der Waals surface area (Å²) in [5, 5.41) is 8.59. The van der Waals surface area contributed by atoms with Gasteiger partial charge in [0.05, 0.1) is 11.5 Å². The van der Waals surface area contributed by atoms with Gasteiger partial charge in [-0.05, 0) is 19.3 Å². The summed E-state index contributed by atoms with van der Waals surface area (Å²) in [7, 11) is 0. The van der Waals surface area contributed by atoms with Gasteiger partial charge in [0.1, 0.15) is 0 Å². The van der Waals surface area contributed by atoms with Gasteiger partial charge >= 0.3 is 0 Å². The summed E-state index contributed by atoms with van der Waals surface area (Å²) in [5.74, 6) is 0. The molecule has 58 valence electrons. The highest BCUT2D eigenvalue weighted by Crippen LogP contribution is 2.42. The largest absolute Gasteiger partial charge is 0.198 e. The van der Waals surface area contributed by atoms with E-state index in [0.29, 0.717) is 0 Å². The van der Waals surface area contributed by atoms with Crippen LogP contribution >= 0.6 is 0 Å². The molecule has 1 fully saturated rings. The Bertz CT molecular complexity index is 112. The van der Waals surface area contributed by atoms with Gasteiger partial charge in [-0.2, -0.15) is 5.26 Å². The van der Waals surface area contributed by atoms with Crippen LogP contribution < -0.4 is 0 Å². The Balaban J connectivity index is 0.000000371. The van der Waals surface area contributed by atoms with Crippen LogP contribution in [0.1, 0.15) is 46.5 Å². The maximum atomic E-state index is 8.59. The van der Waals surface area contributed by atoms with Gasteiger partial charge in [-0.25, -0.2) is 0 Å². The van der Waals surface area contributed by atoms with Crippen molar-refractivity contribution in [3.63, 3.8) is 0 Å². The summed E-state index contributed by atoms with van der Waals surface area (Å²) >= 11 is 0. The quantitative estimate of drug-likeness (QED) is 0.547. The van der Waals surface area contributed by atoms with Crippen molar-refractivity contribution >= 4 is 0 Å². The van der Waals surface area contributed by atoms with Gasteiger partial charge in [0.2, 0.25) is 0 Å². The molecule has 0 aromatic rings. The molecule has 10 heavy (non-hydrogen) atoms. The van der Waals surface area contributed by atoms with E-state index in [1.54, 1.807) is 0 Å². The van der Waals surface area contributed by atoms with Gasteiger partial charge in [0.15, 0.2) is 0 Å². The van der Waals surface area contributed by atoms with Crippen LogP contribution in [-0.2, 0) is 0 Å². The van der Waals surface area contributed by atoms with E-state index in [9.17, 15) is 0 Å². The van der Waals surface area contributed by atoms with Crippen molar-refractivity contribution in [1.29, 1.82) is 5.26 Å². The van der Waals surface area contributed by atoms with Crippen molar-refractivity contribution in [3.05, 3.63) is 0 Å². The van der Waals surface area contributed by atoms with Gasteiger partial charge in [-0.1, -0.05) is 27.2 Å². The SMILES string of the molecule is CC.CCC1(C#N)CCC1. The zero-order chi connectivity index (χ0) is 8.04. The molecule has 0 spiro atoms. The van der Waals surface area contributed by atoms with E-state index < -0.39 is 0 Å². The van der Waals surface area contributed by atoms with Crippen LogP contribution in [0.4, 0.5) is 0 Å². The van der Waals surface area contributed by atoms with Gasteiger partial charge in [-0.3, -0.25) is 0 Å². The van der Waals surface area contributed by atoms with Crippen molar-refractivity contribution in [2.24, 2.45) is 5.41 Å². The van der Waals surface area contributed by atoms with Crippen LogP contribution in [0.15, 0.2) is 0 Å². The van der Waals surface area contributed by atoms with Crippen LogP contribution in [-0.4, -0.2) is 0 Å².